The summed E-state index contributed by atoms with van der Waals surface area (Å²) in [6, 6.07) is 6.28. The smallest absolute Gasteiger partial charge is 0.322 e. The van der Waals surface area contributed by atoms with Crippen molar-refractivity contribution in [1.29, 1.82) is 0 Å². The molecular formula is C15H15N3O6S. The largest absolute Gasteiger partial charge is 0.494 e. The minimum absolute atomic E-state index is 0.0300. The summed E-state index contributed by atoms with van der Waals surface area (Å²) in [5.41, 5.74) is 0.792. The highest BCUT2D eigenvalue weighted by atomic mass is 32.2. The van der Waals surface area contributed by atoms with Crippen molar-refractivity contribution in [2.45, 2.75) is 11.3 Å². The number of hydrogen-bond donors (Lipinski definition) is 1. The van der Waals surface area contributed by atoms with Gasteiger partial charge in [0, 0.05) is 6.26 Å². The maximum Gasteiger partial charge on any atom is 0.322 e. The molecule has 0 saturated heterocycles. The summed E-state index contributed by atoms with van der Waals surface area (Å²) >= 11 is 0. The number of benzene rings is 1. The molecule has 1 aromatic heterocycles. The average molecular weight is 365 g/mol. The monoisotopic (exact) mass is 365 g/mol. The quantitative estimate of drug-likeness (QED) is 0.829. The molecule has 1 N–H and O–H groups in total. The van der Waals surface area contributed by atoms with E-state index in [4.69, 9.17) is 13.9 Å². The van der Waals surface area contributed by atoms with Crippen LogP contribution in [0.4, 0.5) is 6.01 Å². The van der Waals surface area contributed by atoms with Gasteiger partial charge < -0.3 is 13.9 Å². The molecule has 1 amide bonds. The summed E-state index contributed by atoms with van der Waals surface area (Å²) in [7, 11) is -3.24. The summed E-state index contributed by atoms with van der Waals surface area (Å²) in [6.07, 6.45) is 2.67. The van der Waals surface area contributed by atoms with E-state index in [9.17, 15) is 13.2 Å². The highest BCUT2D eigenvalue weighted by Gasteiger charge is 2.18. The molecule has 0 aliphatic carbocycles. The van der Waals surface area contributed by atoms with Crippen LogP contribution in [0.5, 0.6) is 0 Å². The van der Waals surface area contributed by atoms with E-state index in [-0.39, 0.29) is 29.2 Å². The summed E-state index contributed by atoms with van der Waals surface area (Å²) in [4.78, 5) is 12.1. The predicted molar refractivity (Wildman–Crippen MR) is 85.3 cm³/mol. The van der Waals surface area contributed by atoms with E-state index in [2.05, 4.69) is 15.5 Å². The van der Waals surface area contributed by atoms with E-state index < -0.39 is 15.7 Å². The van der Waals surface area contributed by atoms with Crippen molar-refractivity contribution in [3.63, 3.8) is 0 Å². The minimum Gasteiger partial charge on any atom is -0.494 e. The van der Waals surface area contributed by atoms with Crippen LogP contribution in [0.2, 0.25) is 0 Å². The number of aromatic nitrogens is 2. The van der Waals surface area contributed by atoms with E-state index >= 15 is 0 Å². The fraction of sp³-hybridized carbons (Fsp3) is 0.267. The van der Waals surface area contributed by atoms with Crippen LogP contribution in [0.15, 0.2) is 45.6 Å². The fourth-order valence-electron chi connectivity index (χ4n) is 2.05. The first kappa shape index (κ1) is 17.0. The average Bonchev–Trinajstić information content (AvgIpc) is 3.02. The van der Waals surface area contributed by atoms with Crippen molar-refractivity contribution < 1.29 is 27.1 Å². The normalized spacial score (nSPS) is 14.2. The first-order valence-electron chi connectivity index (χ1n) is 7.29. The van der Waals surface area contributed by atoms with Crippen LogP contribution in [0.1, 0.15) is 11.5 Å². The van der Waals surface area contributed by atoms with Gasteiger partial charge in [0.2, 0.25) is 11.6 Å². The third-order valence-corrected chi connectivity index (χ3v) is 4.40. The number of nitrogens with one attached hydrogen (secondary N) is 1. The van der Waals surface area contributed by atoms with Gasteiger partial charge in [0.1, 0.15) is 19.5 Å². The molecule has 2 aromatic rings. The van der Waals surface area contributed by atoms with E-state index in [1.165, 1.54) is 18.4 Å². The summed E-state index contributed by atoms with van der Waals surface area (Å²) in [6.45, 7) is 0.678. The van der Waals surface area contributed by atoms with Gasteiger partial charge in [0.15, 0.2) is 9.84 Å². The molecule has 1 aliphatic heterocycles. The molecule has 132 valence electrons. The Labute approximate surface area is 143 Å². The lowest BCUT2D eigenvalue weighted by molar-refractivity contribution is -0.117. The van der Waals surface area contributed by atoms with Crippen LogP contribution in [-0.4, -0.2) is 44.0 Å². The molecule has 25 heavy (non-hydrogen) atoms. The van der Waals surface area contributed by atoms with E-state index in [0.29, 0.717) is 13.0 Å². The number of anilines is 1. The maximum atomic E-state index is 11.9. The Morgan fingerprint density at radius 3 is 2.60 bits per heavy atom. The second-order valence-electron chi connectivity index (χ2n) is 5.25. The standard InChI is InChI=1S/C15H15N3O6S/c1-25(20,21)11-4-2-10(3-5-11)8-13-17-18-15(24-13)16-14(19)12-9-22-6-7-23-12/h2-5,9H,6-8H2,1H3,(H,16,18,19). The van der Waals surface area contributed by atoms with Crippen LogP contribution >= 0.6 is 0 Å². The van der Waals surface area contributed by atoms with Gasteiger partial charge in [-0.25, -0.2) is 8.42 Å². The molecule has 1 aromatic carbocycles. The molecule has 0 atom stereocenters. The van der Waals surface area contributed by atoms with Crippen molar-refractivity contribution in [2.24, 2.45) is 0 Å². The highest BCUT2D eigenvalue weighted by molar-refractivity contribution is 7.90. The number of nitrogens with zero attached hydrogens (tertiary/aromatic N) is 2. The van der Waals surface area contributed by atoms with Gasteiger partial charge in [-0.15, -0.1) is 5.10 Å². The van der Waals surface area contributed by atoms with Crippen LogP contribution in [0.25, 0.3) is 0 Å². The minimum atomic E-state index is -3.24. The number of hydrogen-bond acceptors (Lipinski definition) is 8. The zero-order valence-corrected chi connectivity index (χ0v) is 14.1. The molecule has 0 saturated carbocycles. The Morgan fingerprint density at radius 1 is 1.20 bits per heavy atom. The van der Waals surface area contributed by atoms with Crippen molar-refractivity contribution in [3.8, 4) is 0 Å². The lowest BCUT2D eigenvalue weighted by Gasteiger charge is -2.13. The van der Waals surface area contributed by atoms with Gasteiger partial charge in [-0.1, -0.05) is 17.2 Å². The first-order valence-corrected chi connectivity index (χ1v) is 9.18. The van der Waals surface area contributed by atoms with Gasteiger partial charge in [-0.3, -0.25) is 10.1 Å². The molecule has 1 aliphatic rings. The summed E-state index contributed by atoms with van der Waals surface area (Å²) in [5, 5.41) is 9.99. The molecule has 9 nitrogen and oxygen atoms in total. The zero-order valence-electron chi connectivity index (χ0n) is 13.3. The number of sulfone groups is 1. The van der Waals surface area contributed by atoms with Gasteiger partial charge in [-0.2, -0.15) is 0 Å². The molecule has 10 heteroatoms. The van der Waals surface area contributed by atoms with Gasteiger partial charge in [0.25, 0.3) is 5.91 Å². The lowest BCUT2D eigenvalue weighted by Crippen LogP contribution is -2.21. The Kier molecular flexibility index (Phi) is 4.70. The van der Waals surface area contributed by atoms with Gasteiger partial charge >= 0.3 is 6.01 Å². The molecule has 0 unspecified atom stereocenters. The zero-order chi connectivity index (χ0) is 17.9. The first-order chi connectivity index (χ1) is 11.9. The number of carbonyl (C=O) groups is 1. The van der Waals surface area contributed by atoms with Crippen molar-refractivity contribution in [2.75, 3.05) is 24.8 Å². The lowest BCUT2D eigenvalue weighted by atomic mass is 10.1. The second kappa shape index (κ2) is 6.93. The molecule has 0 fully saturated rings. The second-order valence-corrected chi connectivity index (χ2v) is 7.27. The SMILES string of the molecule is CS(=O)(=O)c1ccc(Cc2nnc(NC(=O)C3=COCCO3)o2)cc1. The van der Waals surface area contributed by atoms with Gasteiger partial charge in [-0.05, 0) is 17.7 Å². The van der Waals surface area contributed by atoms with Crippen LogP contribution < -0.4 is 5.32 Å². The maximum absolute atomic E-state index is 11.9. The van der Waals surface area contributed by atoms with Crippen molar-refractivity contribution in [3.05, 3.63) is 47.7 Å². The molecule has 0 radical (unpaired) electrons. The van der Waals surface area contributed by atoms with Crippen LogP contribution in [0.3, 0.4) is 0 Å². The van der Waals surface area contributed by atoms with Crippen LogP contribution in [-0.2, 0) is 30.5 Å². The van der Waals surface area contributed by atoms with E-state index in [1.54, 1.807) is 12.1 Å². The van der Waals surface area contributed by atoms with E-state index in [0.717, 1.165) is 11.8 Å². The molecule has 0 spiro atoms. The van der Waals surface area contributed by atoms with Crippen LogP contribution in [0, 0.1) is 0 Å². The van der Waals surface area contributed by atoms with Crippen molar-refractivity contribution >= 4 is 21.8 Å². The third-order valence-electron chi connectivity index (χ3n) is 3.27. The van der Waals surface area contributed by atoms with Gasteiger partial charge in [0.05, 0.1) is 11.3 Å². The summed E-state index contributed by atoms with van der Waals surface area (Å²) < 4.78 is 38.4. The predicted octanol–water partition coefficient (Wildman–Crippen LogP) is 0.891. The number of carbonyl (C=O) groups excluding carboxylic acids is 1. The Bertz CT molecular complexity index is 902. The summed E-state index contributed by atoms with van der Waals surface area (Å²) in [5.74, 6) is -0.244. The molecule has 0 bridgehead atoms. The third kappa shape index (κ3) is 4.35. The number of rotatable bonds is 5. The molecular weight excluding hydrogens is 350 g/mol. The molecule has 3 rings (SSSR count). The number of amides is 1. The topological polar surface area (TPSA) is 121 Å². The Balaban J connectivity index is 1.63. The fourth-order valence-corrected chi connectivity index (χ4v) is 2.68. The molecule has 2 heterocycles. The van der Waals surface area contributed by atoms with E-state index in [1.807, 2.05) is 0 Å². The highest BCUT2D eigenvalue weighted by Crippen LogP contribution is 2.15. The Morgan fingerprint density at radius 2 is 1.96 bits per heavy atom. The Hall–Kier alpha value is -2.88. The number of ether oxygens (including phenoxy) is 2. The van der Waals surface area contributed by atoms with Crippen molar-refractivity contribution in [1.82, 2.24) is 10.2 Å².